The molecule has 0 saturated heterocycles. The van der Waals surface area contributed by atoms with E-state index < -0.39 is 12.0 Å². The van der Waals surface area contributed by atoms with Gasteiger partial charge in [0.25, 0.3) is 0 Å². The molecular weight excluding hydrogens is 335 g/mol. The molecule has 24 heavy (non-hydrogen) atoms. The van der Waals surface area contributed by atoms with Crippen molar-refractivity contribution in [2.24, 2.45) is 0 Å². The predicted molar refractivity (Wildman–Crippen MR) is 88.4 cm³/mol. The van der Waals surface area contributed by atoms with Crippen molar-refractivity contribution in [3.8, 4) is 0 Å². The first-order valence-corrected chi connectivity index (χ1v) is 8.40. The fraction of sp³-hybridized carbons (Fsp3) is 0.294. The summed E-state index contributed by atoms with van der Waals surface area (Å²) in [5.74, 6) is -0.498. The van der Waals surface area contributed by atoms with Crippen molar-refractivity contribution in [2.45, 2.75) is 31.5 Å². The summed E-state index contributed by atoms with van der Waals surface area (Å²) < 4.78 is 39.1. The van der Waals surface area contributed by atoms with Gasteiger partial charge in [0.1, 0.15) is 10.6 Å². The number of hydrogen-bond acceptors (Lipinski definition) is 4. The molecule has 1 saturated carbocycles. The molecule has 0 amide bonds. The zero-order valence-corrected chi connectivity index (χ0v) is 13.6. The van der Waals surface area contributed by atoms with Crippen molar-refractivity contribution in [1.82, 2.24) is 9.97 Å². The Kier molecular flexibility index (Phi) is 3.49. The van der Waals surface area contributed by atoms with Crippen LogP contribution in [0, 0.1) is 6.92 Å². The molecule has 2 heterocycles. The Morgan fingerprint density at radius 1 is 1.17 bits per heavy atom. The van der Waals surface area contributed by atoms with Crippen LogP contribution in [0.4, 0.5) is 19.0 Å². The quantitative estimate of drug-likeness (QED) is 0.724. The minimum Gasteiger partial charge on any atom is -0.366 e. The number of nitrogens with one attached hydrogen (secondary N) is 1. The molecule has 0 unspecified atom stereocenters. The summed E-state index contributed by atoms with van der Waals surface area (Å²) in [4.78, 5) is 8.71. The summed E-state index contributed by atoms with van der Waals surface area (Å²) in [5, 5.41) is 3.85. The molecule has 2 aromatic heterocycles. The third-order valence-electron chi connectivity index (χ3n) is 4.11. The maximum atomic E-state index is 13.0. The Hall–Kier alpha value is -2.15. The second kappa shape index (κ2) is 5.44. The summed E-state index contributed by atoms with van der Waals surface area (Å²) in [6.07, 6.45) is -3.66. The van der Waals surface area contributed by atoms with Gasteiger partial charge in [-0.15, -0.1) is 11.3 Å². The van der Waals surface area contributed by atoms with Crippen molar-refractivity contribution in [3.05, 3.63) is 52.7 Å². The summed E-state index contributed by atoms with van der Waals surface area (Å²) in [5.41, 5.74) is 1.19. The lowest BCUT2D eigenvalue weighted by Crippen LogP contribution is -2.14. The number of aryl methyl sites for hydroxylation is 1. The van der Waals surface area contributed by atoms with Crippen LogP contribution in [0.3, 0.4) is 0 Å². The van der Waals surface area contributed by atoms with E-state index in [9.17, 15) is 13.2 Å². The molecule has 0 bridgehead atoms. The Labute approximate surface area is 140 Å². The molecule has 1 aliphatic rings. The van der Waals surface area contributed by atoms with Crippen molar-refractivity contribution >= 4 is 27.4 Å². The average Bonchev–Trinajstić information content (AvgIpc) is 3.18. The highest BCUT2D eigenvalue weighted by atomic mass is 32.1. The molecule has 1 N–H and O–H groups in total. The van der Waals surface area contributed by atoms with Gasteiger partial charge in [-0.2, -0.15) is 13.2 Å². The molecule has 124 valence electrons. The number of fused-ring (bicyclic) bond motifs is 1. The lowest BCUT2D eigenvalue weighted by molar-refractivity contribution is -0.144. The highest BCUT2D eigenvalue weighted by molar-refractivity contribution is 7.18. The van der Waals surface area contributed by atoms with Crippen LogP contribution < -0.4 is 5.32 Å². The van der Waals surface area contributed by atoms with Gasteiger partial charge < -0.3 is 5.32 Å². The van der Waals surface area contributed by atoms with Crippen molar-refractivity contribution in [3.63, 3.8) is 0 Å². The van der Waals surface area contributed by atoms with Crippen LogP contribution in [-0.2, 0) is 6.18 Å². The van der Waals surface area contributed by atoms with Gasteiger partial charge >= 0.3 is 6.18 Å². The molecule has 3 aromatic rings. The highest BCUT2D eigenvalue weighted by Gasteiger charge is 2.40. The number of anilines is 1. The van der Waals surface area contributed by atoms with Gasteiger partial charge in [-0.25, -0.2) is 9.97 Å². The van der Waals surface area contributed by atoms with E-state index in [0.717, 1.165) is 11.3 Å². The van der Waals surface area contributed by atoms with E-state index in [4.69, 9.17) is 0 Å². The van der Waals surface area contributed by atoms with Gasteiger partial charge in [-0.3, -0.25) is 0 Å². The van der Waals surface area contributed by atoms with Gasteiger partial charge in [0, 0.05) is 16.8 Å². The molecule has 3 nitrogen and oxygen atoms in total. The van der Waals surface area contributed by atoms with Gasteiger partial charge in [-0.05, 0) is 25.0 Å². The number of thiophene rings is 1. The number of rotatable bonds is 3. The second-order valence-electron chi connectivity index (χ2n) is 5.97. The zero-order valence-electron chi connectivity index (χ0n) is 12.8. The maximum absolute atomic E-state index is 13.0. The highest BCUT2D eigenvalue weighted by Crippen LogP contribution is 2.44. The van der Waals surface area contributed by atoms with Gasteiger partial charge in [0.15, 0.2) is 0 Å². The normalized spacial score (nSPS) is 20.3. The Balaban J connectivity index is 1.66. The third kappa shape index (κ3) is 2.84. The van der Waals surface area contributed by atoms with Crippen LogP contribution in [0.15, 0.2) is 36.4 Å². The number of aromatic nitrogens is 2. The van der Waals surface area contributed by atoms with Crippen LogP contribution >= 0.6 is 11.3 Å². The zero-order chi connectivity index (χ0) is 16.9. The van der Waals surface area contributed by atoms with E-state index in [1.165, 1.54) is 16.9 Å². The SMILES string of the molecule is Cc1cc2c(N[C@H]3C[C@@H]3c3ccccc3)nc(C(F)(F)F)nc2s1. The number of nitrogens with zero attached hydrogens (tertiary/aromatic N) is 2. The van der Waals surface area contributed by atoms with Crippen molar-refractivity contribution < 1.29 is 13.2 Å². The molecule has 0 aliphatic heterocycles. The molecule has 0 spiro atoms. The van der Waals surface area contributed by atoms with Crippen LogP contribution in [0.1, 0.15) is 28.6 Å². The van der Waals surface area contributed by atoms with Crippen LogP contribution in [0.25, 0.3) is 10.2 Å². The smallest absolute Gasteiger partial charge is 0.366 e. The van der Waals surface area contributed by atoms with E-state index >= 15 is 0 Å². The summed E-state index contributed by atoms with van der Waals surface area (Å²) in [6, 6.07) is 11.9. The molecule has 4 rings (SSSR count). The number of benzene rings is 1. The monoisotopic (exact) mass is 349 g/mol. The van der Waals surface area contributed by atoms with Crippen LogP contribution in [-0.4, -0.2) is 16.0 Å². The Bertz CT molecular complexity index is 889. The minimum atomic E-state index is -4.55. The minimum absolute atomic E-state index is 0.104. The van der Waals surface area contributed by atoms with E-state index in [1.54, 1.807) is 0 Å². The van der Waals surface area contributed by atoms with Gasteiger partial charge in [0.2, 0.25) is 5.82 Å². The number of hydrogen-bond donors (Lipinski definition) is 1. The topological polar surface area (TPSA) is 37.8 Å². The largest absolute Gasteiger partial charge is 0.451 e. The molecule has 1 aliphatic carbocycles. The lowest BCUT2D eigenvalue weighted by atomic mass is 10.1. The molecule has 1 aromatic carbocycles. The second-order valence-corrected chi connectivity index (χ2v) is 7.21. The molecule has 7 heteroatoms. The number of halogens is 3. The first kappa shape index (κ1) is 15.4. The summed E-state index contributed by atoms with van der Waals surface area (Å²) >= 11 is 1.25. The van der Waals surface area contributed by atoms with Crippen molar-refractivity contribution in [1.29, 1.82) is 0 Å². The summed E-state index contributed by atoms with van der Waals surface area (Å²) in [7, 11) is 0. The van der Waals surface area contributed by atoms with E-state index in [0.29, 0.717) is 16.1 Å². The number of alkyl halides is 3. The van der Waals surface area contributed by atoms with E-state index in [2.05, 4.69) is 15.3 Å². The van der Waals surface area contributed by atoms with E-state index in [1.807, 2.05) is 43.3 Å². The molecule has 0 radical (unpaired) electrons. The lowest BCUT2D eigenvalue weighted by Gasteiger charge is -2.10. The average molecular weight is 349 g/mol. The first-order chi connectivity index (χ1) is 11.4. The predicted octanol–water partition coefficient (Wildman–Crippen LogP) is 4.99. The molecule has 1 fully saturated rings. The Morgan fingerprint density at radius 2 is 1.92 bits per heavy atom. The molecule has 2 atom stereocenters. The fourth-order valence-corrected chi connectivity index (χ4v) is 3.76. The van der Waals surface area contributed by atoms with Crippen molar-refractivity contribution in [2.75, 3.05) is 5.32 Å². The van der Waals surface area contributed by atoms with E-state index in [-0.39, 0.29) is 11.9 Å². The molecular formula is C17H14F3N3S. The Morgan fingerprint density at radius 3 is 2.62 bits per heavy atom. The van der Waals surface area contributed by atoms with Gasteiger partial charge in [0.05, 0.1) is 5.39 Å². The fourth-order valence-electron chi connectivity index (χ4n) is 2.88. The maximum Gasteiger partial charge on any atom is 0.451 e. The van der Waals surface area contributed by atoms with Gasteiger partial charge in [-0.1, -0.05) is 30.3 Å². The standard InChI is InChI=1S/C17H14F3N3S/c1-9-7-12-14(22-16(17(18,19)20)23-15(12)24-9)21-13-8-11(13)10-5-3-2-4-6-10/h2-7,11,13H,8H2,1H3,(H,21,22,23)/t11-,13+/m1/s1. The van der Waals surface area contributed by atoms with Crippen LogP contribution in [0.5, 0.6) is 0 Å². The van der Waals surface area contributed by atoms with Crippen LogP contribution in [0.2, 0.25) is 0 Å². The summed E-state index contributed by atoms with van der Waals surface area (Å²) in [6.45, 7) is 1.85. The first-order valence-electron chi connectivity index (χ1n) is 7.58. The third-order valence-corrected chi connectivity index (χ3v) is 5.05.